The molecule has 32 heavy (non-hydrogen) atoms. The molecule has 3 N–H and O–H groups in total. The van der Waals surface area contributed by atoms with Gasteiger partial charge in [-0.2, -0.15) is 0 Å². The molecule has 1 heterocycles. The predicted molar refractivity (Wildman–Crippen MR) is 132 cm³/mol. The Morgan fingerprint density at radius 2 is 1.84 bits per heavy atom. The molecule has 0 aromatic heterocycles. The predicted octanol–water partition coefficient (Wildman–Crippen LogP) is 4.00. The molecule has 3 rings (SSSR count). The molecule has 5 nitrogen and oxygen atoms in total. The largest absolute Gasteiger partial charge is 0.508 e. The molecule has 1 saturated heterocycles. The van der Waals surface area contributed by atoms with Crippen LogP contribution in [0.1, 0.15) is 55.4 Å². The van der Waals surface area contributed by atoms with Crippen LogP contribution in [0.25, 0.3) is 0 Å². The third kappa shape index (κ3) is 6.95. The Labute approximate surface area is 198 Å². The third-order valence-corrected chi connectivity index (χ3v) is 7.95. The second-order valence-corrected chi connectivity index (χ2v) is 11.3. The molecule has 2 aromatic carbocycles. The van der Waals surface area contributed by atoms with Gasteiger partial charge in [-0.25, -0.2) is 8.42 Å². The van der Waals surface area contributed by atoms with E-state index in [0.717, 1.165) is 29.5 Å². The van der Waals surface area contributed by atoms with Crippen molar-refractivity contribution < 1.29 is 18.6 Å². The average Bonchev–Trinajstić information content (AvgIpc) is 2.72. The number of nitrogens with one attached hydrogen (secondary N) is 1. The summed E-state index contributed by atoms with van der Waals surface area (Å²) < 4.78 is 25.2. The second kappa shape index (κ2) is 11.5. The molecule has 0 bridgehead atoms. The highest BCUT2D eigenvalue weighted by molar-refractivity contribution is 7.91. The van der Waals surface area contributed by atoms with Gasteiger partial charge in [0, 0.05) is 18.5 Å². The van der Waals surface area contributed by atoms with Crippen LogP contribution in [0.3, 0.4) is 0 Å². The fraction of sp³-hybridized carbons (Fsp3) is 0.520. The van der Waals surface area contributed by atoms with Crippen LogP contribution in [0, 0.1) is 5.92 Å². The van der Waals surface area contributed by atoms with Crippen LogP contribution in [0.5, 0.6) is 5.75 Å². The minimum absolute atomic E-state index is 0. The van der Waals surface area contributed by atoms with E-state index in [1.54, 1.807) is 6.07 Å². The molecule has 0 amide bonds. The second-order valence-electron chi connectivity index (χ2n) is 9.13. The Bertz CT molecular complexity index is 993. The highest BCUT2D eigenvalue weighted by atomic mass is 35.5. The van der Waals surface area contributed by atoms with Gasteiger partial charge in [-0.3, -0.25) is 0 Å². The van der Waals surface area contributed by atoms with Crippen LogP contribution < -0.4 is 5.32 Å². The Morgan fingerprint density at radius 3 is 2.53 bits per heavy atom. The summed E-state index contributed by atoms with van der Waals surface area (Å²) in [6, 6.07) is 13.2. The van der Waals surface area contributed by atoms with Crippen molar-refractivity contribution in [2.75, 3.05) is 11.5 Å². The first kappa shape index (κ1) is 26.7. The maximum atomic E-state index is 12.6. The minimum Gasteiger partial charge on any atom is -0.508 e. The van der Waals surface area contributed by atoms with Crippen molar-refractivity contribution in [3.05, 3.63) is 64.7 Å². The van der Waals surface area contributed by atoms with E-state index in [1.165, 1.54) is 5.56 Å². The van der Waals surface area contributed by atoms with Crippen LogP contribution in [-0.4, -0.2) is 42.3 Å². The summed E-state index contributed by atoms with van der Waals surface area (Å²) in [5, 5.41) is 24.3. The number of hydrogen-bond donors (Lipinski definition) is 3. The summed E-state index contributed by atoms with van der Waals surface area (Å²) >= 11 is 0. The molecule has 0 spiro atoms. The minimum atomic E-state index is -3.26. The van der Waals surface area contributed by atoms with Crippen molar-refractivity contribution in [2.24, 2.45) is 5.92 Å². The van der Waals surface area contributed by atoms with Crippen molar-refractivity contribution >= 4 is 22.2 Å². The van der Waals surface area contributed by atoms with E-state index in [2.05, 4.69) is 38.2 Å². The Hall–Kier alpha value is -1.60. The summed E-state index contributed by atoms with van der Waals surface area (Å²) in [4.78, 5) is 0. The zero-order chi connectivity index (χ0) is 22.6. The fourth-order valence-corrected chi connectivity index (χ4v) is 6.37. The highest BCUT2D eigenvalue weighted by Gasteiger charge is 2.39. The number of aromatic hydroxyl groups is 1. The third-order valence-electron chi connectivity index (χ3n) is 6.14. The number of halogens is 1. The summed E-state index contributed by atoms with van der Waals surface area (Å²) in [6.07, 6.45) is 1.41. The van der Waals surface area contributed by atoms with E-state index < -0.39 is 22.0 Å². The van der Waals surface area contributed by atoms with Gasteiger partial charge in [0.15, 0.2) is 9.84 Å². The molecular formula is C25H36ClNO4S. The SMILES string of the molecule is CCCc1cc(C[C@@H]2CS(=O)(=O)C[C@H](NCc3cccc(C(C)C)c3)[C@H]2O)ccc1O.Cl. The number of aliphatic hydroxyl groups is 1. The van der Waals surface area contributed by atoms with Crippen molar-refractivity contribution in [3.8, 4) is 5.75 Å². The molecule has 2 aromatic rings. The lowest BCUT2D eigenvalue weighted by Crippen LogP contribution is -2.54. The maximum Gasteiger partial charge on any atom is 0.152 e. The van der Waals surface area contributed by atoms with E-state index in [-0.39, 0.29) is 35.6 Å². The number of phenolic OH excluding ortho intramolecular Hbond substituents is 1. The molecule has 178 valence electrons. The van der Waals surface area contributed by atoms with Crippen molar-refractivity contribution in [2.45, 2.75) is 64.6 Å². The van der Waals surface area contributed by atoms with Crippen LogP contribution in [-0.2, 0) is 29.2 Å². The summed E-state index contributed by atoms with van der Waals surface area (Å²) in [6.45, 7) is 6.86. The van der Waals surface area contributed by atoms with Gasteiger partial charge in [0.25, 0.3) is 0 Å². The van der Waals surface area contributed by atoms with Gasteiger partial charge < -0.3 is 15.5 Å². The monoisotopic (exact) mass is 481 g/mol. The van der Waals surface area contributed by atoms with Gasteiger partial charge >= 0.3 is 0 Å². The molecule has 0 unspecified atom stereocenters. The van der Waals surface area contributed by atoms with Crippen LogP contribution in [0.15, 0.2) is 42.5 Å². The van der Waals surface area contributed by atoms with Gasteiger partial charge in [0.2, 0.25) is 0 Å². The molecule has 0 aliphatic carbocycles. The molecule has 1 fully saturated rings. The quantitative estimate of drug-likeness (QED) is 0.530. The van der Waals surface area contributed by atoms with Crippen molar-refractivity contribution in [1.82, 2.24) is 5.32 Å². The van der Waals surface area contributed by atoms with Gasteiger partial charge in [0.05, 0.1) is 17.6 Å². The number of aryl methyl sites for hydroxylation is 1. The fourth-order valence-electron chi connectivity index (χ4n) is 4.40. The van der Waals surface area contributed by atoms with E-state index in [4.69, 9.17) is 0 Å². The van der Waals surface area contributed by atoms with Gasteiger partial charge in [0.1, 0.15) is 5.75 Å². The smallest absolute Gasteiger partial charge is 0.152 e. The number of hydrogen-bond acceptors (Lipinski definition) is 5. The Kier molecular flexibility index (Phi) is 9.58. The van der Waals surface area contributed by atoms with Crippen LogP contribution in [0.4, 0.5) is 0 Å². The van der Waals surface area contributed by atoms with Crippen LogP contribution >= 0.6 is 12.4 Å². The van der Waals surface area contributed by atoms with Crippen molar-refractivity contribution in [1.29, 1.82) is 0 Å². The molecule has 1 aliphatic heterocycles. The summed E-state index contributed by atoms with van der Waals surface area (Å²) in [7, 11) is -3.26. The first-order valence-corrected chi connectivity index (χ1v) is 13.0. The normalized spacial score (nSPS) is 22.5. The van der Waals surface area contributed by atoms with E-state index in [0.29, 0.717) is 18.9 Å². The number of rotatable bonds is 8. The van der Waals surface area contributed by atoms with Gasteiger partial charge in [-0.15, -0.1) is 12.4 Å². The lowest BCUT2D eigenvalue weighted by molar-refractivity contribution is 0.0781. The molecule has 7 heteroatoms. The number of benzene rings is 2. The van der Waals surface area contributed by atoms with Crippen molar-refractivity contribution in [3.63, 3.8) is 0 Å². The van der Waals surface area contributed by atoms with Gasteiger partial charge in [-0.1, -0.05) is 63.6 Å². The lowest BCUT2D eigenvalue weighted by Gasteiger charge is -2.35. The zero-order valence-electron chi connectivity index (χ0n) is 19.1. The molecule has 0 radical (unpaired) electrons. The average molecular weight is 482 g/mol. The molecule has 3 atom stereocenters. The topological polar surface area (TPSA) is 86.6 Å². The van der Waals surface area contributed by atoms with E-state index in [9.17, 15) is 18.6 Å². The Morgan fingerprint density at radius 1 is 1.09 bits per heavy atom. The highest BCUT2D eigenvalue weighted by Crippen LogP contribution is 2.27. The zero-order valence-corrected chi connectivity index (χ0v) is 20.8. The first-order chi connectivity index (χ1) is 14.7. The van der Waals surface area contributed by atoms with E-state index in [1.807, 2.05) is 24.3 Å². The molecular weight excluding hydrogens is 446 g/mol. The summed E-state index contributed by atoms with van der Waals surface area (Å²) in [5.74, 6) is 0.250. The lowest BCUT2D eigenvalue weighted by atomic mass is 9.90. The number of aliphatic hydroxyl groups excluding tert-OH is 1. The Balaban J connectivity index is 0.00000363. The molecule has 0 saturated carbocycles. The first-order valence-electron chi connectivity index (χ1n) is 11.2. The van der Waals surface area contributed by atoms with Crippen LogP contribution in [0.2, 0.25) is 0 Å². The summed E-state index contributed by atoms with van der Waals surface area (Å²) in [5.41, 5.74) is 4.14. The van der Waals surface area contributed by atoms with Gasteiger partial charge in [-0.05, 0) is 47.1 Å². The standard InChI is InChI=1S/C25H35NO4S.ClH/c1-4-6-21-11-18(9-10-24(21)27)12-22-15-31(29,30)16-23(25(22)28)26-14-19-7-5-8-20(13-19)17(2)3;/h5,7-11,13,17,22-23,25-28H,4,6,12,14-16H2,1-3H3;1H/t22-,23+,25+;/m1./s1. The molecule has 1 aliphatic rings. The number of phenols is 1. The number of sulfone groups is 1. The van der Waals surface area contributed by atoms with E-state index >= 15 is 0 Å². The maximum absolute atomic E-state index is 12.6.